The number of benzene rings is 2. The van der Waals surface area contributed by atoms with Gasteiger partial charge in [0, 0.05) is 78.7 Å². The molecule has 8 heterocycles. The van der Waals surface area contributed by atoms with Crippen LogP contribution in [0, 0.1) is 27.7 Å². The van der Waals surface area contributed by atoms with Crippen LogP contribution in [0.5, 0.6) is 23.0 Å². The minimum atomic E-state index is -4.70. The first-order valence-electron chi connectivity index (χ1n) is 21.9. The molecular weight excluding hydrogens is 906 g/mol. The fraction of sp³-hybridized carbons (Fsp3) is 0.176. The van der Waals surface area contributed by atoms with Crippen molar-refractivity contribution in [3.05, 3.63) is 173 Å². The molecule has 2 aromatic carbocycles. The molecule has 0 saturated heterocycles. The lowest BCUT2D eigenvalue weighted by atomic mass is 10.0. The van der Waals surface area contributed by atoms with Gasteiger partial charge in [0.15, 0.2) is 23.1 Å². The van der Waals surface area contributed by atoms with Gasteiger partial charge in [-0.15, -0.1) is 0 Å². The van der Waals surface area contributed by atoms with E-state index in [1.54, 1.807) is 45.8 Å². The van der Waals surface area contributed by atoms with Crippen LogP contribution in [0.1, 0.15) is 33.6 Å². The molecule has 0 fully saturated rings. The van der Waals surface area contributed by atoms with Crippen LogP contribution in [0.3, 0.4) is 0 Å². The van der Waals surface area contributed by atoms with Crippen LogP contribution in [-0.2, 0) is 33.9 Å². The number of hydrogen-bond donors (Lipinski definition) is 4. The molecule has 70 heavy (non-hydrogen) atoms. The molecule has 0 spiro atoms. The molecule has 4 N–H and O–H groups in total. The fourth-order valence-corrected chi connectivity index (χ4v) is 8.70. The lowest BCUT2D eigenvalue weighted by Gasteiger charge is -2.17. The smallest absolute Gasteiger partial charge is 0.432 e. The number of alkyl halides is 3. The first-order chi connectivity index (χ1) is 33.3. The quantitative estimate of drug-likeness (QED) is 0.104. The SMILES string of the molecule is Cc1cccc(C)c1Oc1cn(C)c(=O)cc1-c1cn(C)c(=O)c2[nH]c(-c3ncc(Cn4cc(-c5cc(=O)n(C)cc5Oc5c(C)cccc5C)c5cc(-c6ncc(C(F)(F)F)[nH]6)[nH]c5c4=O)[nH]3)cc12. The highest BCUT2D eigenvalue weighted by atomic mass is 19.4. The second kappa shape index (κ2) is 16.7. The van der Waals surface area contributed by atoms with Gasteiger partial charge in [0.2, 0.25) is 0 Å². The average molecular weight is 949 g/mol. The molecule has 0 bridgehead atoms. The second-order valence-corrected chi connectivity index (χ2v) is 17.4. The molecule has 354 valence electrons. The van der Waals surface area contributed by atoms with Gasteiger partial charge in [-0.2, -0.15) is 13.2 Å². The number of hydrogen-bond acceptors (Lipinski definition) is 8. The van der Waals surface area contributed by atoms with E-state index in [9.17, 15) is 32.3 Å². The van der Waals surface area contributed by atoms with Gasteiger partial charge < -0.3 is 47.7 Å². The zero-order valence-electron chi connectivity index (χ0n) is 38.7. The van der Waals surface area contributed by atoms with E-state index in [1.807, 2.05) is 64.1 Å². The number of aryl methyl sites for hydroxylation is 7. The highest BCUT2D eigenvalue weighted by Gasteiger charge is 2.33. The van der Waals surface area contributed by atoms with Crippen LogP contribution < -0.4 is 31.7 Å². The van der Waals surface area contributed by atoms with Gasteiger partial charge in [-0.05, 0) is 62.1 Å². The van der Waals surface area contributed by atoms with Crippen LogP contribution in [0.4, 0.5) is 13.2 Å². The van der Waals surface area contributed by atoms with Crippen LogP contribution >= 0.6 is 0 Å². The van der Waals surface area contributed by atoms with Gasteiger partial charge in [-0.3, -0.25) is 19.2 Å². The van der Waals surface area contributed by atoms with Crippen LogP contribution in [0.2, 0.25) is 0 Å². The fourth-order valence-electron chi connectivity index (χ4n) is 8.70. The number of halogens is 3. The van der Waals surface area contributed by atoms with Crippen molar-refractivity contribution in [1.82, 2.24) is 48.2 Å². The first kappa shape index (κ1) is 44.9. The summed E-state index contributed by atoms with van der Waals surface area (Å²) in [5, 5.41) is 0.789. The molecule has 10 aromatic rings. The topological polar surface area (TPSA) is 195 Å². The predicted molar refractivity (Wildman–Crippen MR) is 259 cm³/mol. The number of pyridine rings is 4. The molecular formula is C51H43F3N10O6. The summed E-state index contributed by atoms with van der Waals surface area (Å²) in [5.74, 6) is 2.03. The third-order valence-corrected chi connectivity index (χ3v) is 12.4. The van der Waals surface area contributed by atoms with Crippen molar-refractivity contribution in [2.45, 2.75) is 40.4 Å². The summed E-state index contributed by atoms with van der Waals surface area (Å²) in [5.41, 5.74) is 3.72. The number of aromatic amines is 4. The Bertz CT molecular complexity index is 3970. The van der Waals surface area contributed by atoms with Crippen molar-refractivity contribution in [1.29, 1.82) is 0 Å². The number of H-pyrrole nitrogens is 4. The van der Waals surface area contributed by atoms with Crippen molar-refractivity contribution in [2.24, 2.45) is 21.1 Å². The molecule has 0 radical (unpaired) electrons. The maximum Gasteiger partial charge on any atom is 0.432 e. The number of fused-ring (bicyclic) bond motifs is 2. The van der Waals surface area contributed by atoms with E-state index in [-0.39, 0.29) is 51.5 Å². The lowest BCUT2D eigenvalue weighted by molar-refractivity contribution is -0.140. The van der Waals surface area contributed by atoms with Crippen molar-refractivity contribution >= 4 is 21.8 Å². The predicted octanol–water partition coefficient (Wildman–Crippen LogP) is 8.91. The van der Waals surface area contributed by atoms with Gasteiger partial charge >= 0.3 is 6.18 Å². The summed E-state index contributed by atoms with van der Waals surface area (Å²) in [4.78, 5) is 75.1. The van der Waals surface area contributed by atoms with E-state index in [0.717, 1.165) is 22.3 Å². The Morgan fingerprint density at radius 3 is 1.53 bits per heavy atom. The molecule has 0 aliphatic heterocycles. The van der Waals surface area contributed by atoms with Gasteiger partial charge in [0.25, 0.3) is 22.2 Å². The normalized spacial score (nSPS) is 11.9. The molecule has 0 saturated carbocycles. The summed E-state index contributed by atoms with van der Waals surface area (Å²) in [6.45, 7) is 7.54. The molecule has 0 amide bonds. The van der Waals surface area contributed by atoms with Crippen LogP contribution in [-0.4, -0.2) is 48.2 Å². The van der Waals surface area contributed by atoms with E-state index in [1.165, 1.54) is 48.9 Å². The third-order valence-electron chi connectivity index (χ3n) is 12.4. The highest BCUT2D eigenvalue weighted by Crippen LogP contribution is 2.41. The number of rotatable bonds is 10. The summed E-state index contributed by atoms with van der Waals surface area (Å²) >= 11 is 0. The summed E-state index contributed by atoms with van der Waals surface area (Å²) in [6, 6.07) is 17.6. The highest BCUT2D eigenvalue weighted by molar-refractivity contribution is 5.99. The Balaban J connectivity index is 1.08. The molecule has 10 rings (SSSR count). The van der Waals surface area contributed by atoms with Crippen molar-refractivity contribution in [2.75, 3.05) is 0 Å². The van der Waals surface area contributed by atoms with Crippen LogP contribution in [0.15, 0.2) is 117 Å². The Morgan fingerprint density at radius 1 is 0.557 bits per heavy atom. The van der Waals surface area contributed by atoms with E-state index in [4.69, 9.17) is 9.47 Å². The monoisotopic (exact) mass is 948 g/mol. The van der Waals surface area contributed by atoms with Crippen molar-refractivity contribution in [3.63, 3.8) is 0 Å². The molecule has 8 aromatic heterocycles. The zero-order valence-corrected chi connectivity index (χ0v) is 38.7. The Hall–Kier alpha value is -8.87. The first-order valence-corrected chi connectivity index (χ1v) is 21.9. The Morgan fingerprint density at radius 2 is 1.03 bits per heavy atom. The maximum atomic E-state index is 14.5. The molecule has 19 heteroatoms. The maximum absolute atomic E-state index is 14.5. The minimum absolute atomic E-state index is 0.0200. The molecule has 0 unspecified atom stereocenters. The number of ether oxygens (including phenoxy) is 2. The number of imidazole rings is 2. The van der Waals surface area contributed by atoms with Crippen LogP contribution in [0.25, 0.3) is 67.1 Å². The minimum Gasteiger partial charge on any atom is -0.455 e. The van der Waals surface area contributed by atoms with E-state index >= 15 is 0 Å². The number of para-hydroxylation sites is 2. The lowest BCUT2D eigenvalue weighted by Crippen LogP contribution is -2.21. The standard InChI is InChI=1S/C51H43F3N10O6/c1-25-10-8-11-26(2)45(25)69-38-23-61(5)41(65)16-30(38)34-21-63(7)49(67)43-32(34)14-36(58-43)47-55-18-29(57-47)20-64-22-35(31-17-42(66)62(6)24-39(31)70-46-27(3)12-9-13-28(46)4)33-15-37(59-44(33)50(64)68)48-56-19-40(60-48)51(52,53)54/h8-19,21-24,58-59H,20H2,1-7H3,(H,55,57)(H,56,60). The van der Waals surface area contributed by atoms with E-state index in [0.29, 0.717) is 73.7 Å². The number of nitrogens with zero attached hydrogens (tertiary/aromatic N) is 6. The van der Waals surface area contributed by atoms with E-state index < -0.39 is 17.4 Å². The van der Waals surface area contributed by atoms with Gasteiger partial charge in [-0.25, -0.2) is 9.97 Å². The number of nitrogens with one attached hydrogen (secondary N) is 4. The van der Waals surface area contributed by atoms with Gasteiger partial charge in [0.05, 0.1) is 48.4 Å². The molecule has 16 nitrogen and oxygen atoms in total. The Kier molecular flexibility index (Phi) is 10.7. The summed E-state index contributed by atoms with van der Waals surface area (Å²) in [7, 11) is 4.82. The average Bonchev–Trinajstić information content (AvgIpc) is 4.15. The summed E-state index contributed by atoms with van der Waals surface area (Å²) in [6.07, 6.45) is 3.86. The van der Waals surface area contributed by atoms with Gasteiger partial charge in [0.1, 0.15) is 28.2 Å². The van der Waals surface area contributed by atoms with Gasteiger partial charge in [-0.1, -0.05) is 36.4 Å². The van der Waals surface area contributed by atoms with E-state index in [2.05, 4.69) is 29.9 Å². The second-order valence-electron chi connectivity index (χ2n) is 17.4. The molecule has 0 atom stereocenters. The van der Waals surface area contributed by atoms with Crippen molar-refractivity contribution < 1.29 is 22.6 Å². The largest absolute Gasteiger partial charge is 0.455 e. The summed E-state index contributed by atoms with van der Waals surface area (Å²) < 4.78 is 59.7. The molecule has 0 aliphatic rings. The zero-order chi connectivity index (χ0) is 49.5. The van der Waals surface area contributed by atoms with Crippen molar-refractivity contribution in [3.8, 4) is 68.3 Å². The molecule has 0 aliphatic carbocycles. The number of aromatic nitrogens is 10. The Labute approximate surface area is 394 Å². The third kappa shape index (κ3) is 7.89.